The van der Waals surface area contributed by atoms with Crippen LogP contribution in [0.5, 0.6) is 0 Å². The summed E-state index contributed by atoms with van der Waals surface area (Å²) in [7, 11) is 0. The van der Waals surface area contributed by atoms with Crippen molar-refractivity contribution >= 4 is 34.8 Å². The number of rotatable bonds is 4. The largest absolute Gasteiger partial charge is 0.462 e. The lowest BCUT2D eigenvalue weighted by Gasteiger charge is -2.15. The predicted molar refractivity (Wildman–Crippen MR) is 111 cm³/mol. The second kappa shape index (κ2) is 10.8. The zero-order valence-electron chi connectivity index (χ0n) is 16.7. The third-order valence-corrected chi connectivity index (χ3v) is 5.53. The number of primary amides is 1. The topological polar surface area (TPSA) is 107 Å². The van der Waals surface area contributed by atoms with Gasteiger partial charge < -0.3 is 10.5 Å². The number of carbonyl (C=O) groups is 4. The summed E-state index contributed by atoms with van der Waals surface area (Å²) in [6, 6.07) is 7.37. The van der Waals surface area contributed by atoms with E-state index in [1.165, 1.54) is 6.42 Å². The van der Waals surface area contributed by atoms with Crippen molar-refractivity contribution in [1.82, 2.24) is 4.90 Å². The minimum atomic E-state index is -0.665. The number of esters is 1. The van der Waals surface area contributed by atoms with Crippen molar-refractivity contribution in [2.75, 3.05) is 13.2 Å². The summed E-state index contributed by atoms with van der Waals surface area (Å²) in [6.07, 6.45) is 5.07. The van der Waals surface area contributed by atoms with Crippen LogP contribution in [0.3, 0.4) is 0 Å². The van der Waals surface area contributed by atoms with E-state index in [0.29, 0.717) is 17.1 Å². The molecule has 1 saturated carbocycles. The minimum absolute atomic E-state index is 0.249. The fourth-order valence-corrected chi connectivity index (χ4v) is 4.08. The van der Waals surface area contributed by atoms with Crippen molar-refractivity contribution < 1.29 is 23.9 Å². The first-order valence-corrected chi connectivity index (χ1v) is 10.4. The van der Waals surface area contributed by atoms with Gasteiger partial charge in [0.25, 0.3) is 11.1 Å². The van der Waals surface area contributed by atoms with Gasteiger partial charge in [0, 0.05) is 0 Å². The lowest BCUT2D eigenvalue weighted by Crippen LogP contribution is -2.36. The quantitative estimate of drug-likeness (QED) is 0.592. The van der Waals surface area contributed by atoms with Gasteiger partial charge in [0.1, 0.15) is 6.54 Å². The Kier molecular flexibility index (Phi) is 8.45. The minimum Gasteiger partial charge on any atom is -0.462 e. The third-order valence-electron chi connectivity index (χ3n) is 4.47. The van der Waals surface area contributed by atoms with Gasteiger partial charge in [0.2, 0.25) is 5.91 Å². The van der Waals surface area contributed by atoms with Crippen LogP contribution in [0.1, 0.15) is 54.9 Å². The molecular formula is C21H26N2O5S. The van der Waals surface area contributed by atoms with Crippen molar-refractivity contribution in [1.29, 1.82) is 0 Å². The number of aryl methyl sites for hydroxylation is 1. The molecule has 1 aliphatic carbocycles. The summed E-state index contributed by atoms with van der Waals surface area (Å²) < 4.78 is 4.84. The summed E-state index contributed by atoms with van der Waals surface area (Å²) in [5.74, 6) is -1.26. The maximum atomic E-state index is 12.0. The van der Waals surface area contributed by atoms with E-state index in [4.69, 9.17) is 10.5 Å². The number of imide groups is 1. The molecule has 1 heterocycles. The number of amides is 3. The molecule has 1 saturated heterocycles. The number of ether oxygens (including phenoxy) is 1. The number of allylic oxidation sites excluding steroid dienone is 1. The summed E-state index contributed by atoms with van der Waals surface area (Å²) in [5.41, 5.74) is 7.76. The molecule has 8 heteroatoms. The number of nitrogens with two attached hydrogens (primary N) is 1. The van der Waals surface area contributed by atoms with Crippen molar-refractivity contribution in [3.8, 4) is 0 Å². The summed E-state index contributed by atoms with van der Waals surface area (Å²) in [6.45, 7) is 3.85. The van der Waals surface area contributed by atoms with Crippen molar-refractivity contribution in [2.45, 2.75) is 46.0 Å². The van der Waals surface area contributed by atoms with E-state index in [-0.39, 0.29) is 23.7 Å². The van der Waals surface area contributed by atoms with Crippen LogP contribution in [0.15, 0.2) is 34.7 Å². The van der Waals surface area contributed by atoms with Crippen LogP contribution < -0.4 is 5.73 Å². The summed E-state index contributed by atoms with van der Waals surface area (Å²) in [4.78, 5) is 47.0. The highest BCUT2D eigenvalue weighted by molar-refractivity contribution is 8.18. The Balaban J connectivity index is 0.000000221. The Morgan fingerprint density at radius 2 is 1.86 bits per heavy atom. The molecule has 0 aromatic heterocycles. The highest BCUT2D eigenvalue weighted by atomic mass is 32.2. The molecule has 3 amide bonds. The Morgan fingerprint density at radius 3 is 2.45 bits per heavy atom. The predicted octanol–water partition coefficient (Wildman–Crippen LogP) is 3.56. The summed E-state index contributed by atoms with van der Waals surface area (Å²) in [5, 5.41) is -0.387. The molecule has 1 aromatic carbocycles. The molecule has 2 N–H and O–H groups in total. The van der Waals surface area contributed by atoms with E-state index in [0.717, 1.165) is 53.5 Å². The van der Waals surface area contributed by atoms with Gasteiger partial charge in [-0.25, -0.2) is 4.79 Å². The standard InChI is InChI=1S/C11H14N2O3S.C10H12O2/c12-8(14)6-13-10(15)9(17-11(13)16)7-4-2-1-3-5-7;1-3-12-10(11)9-6-4-5-8(2)7-9/h1-6H2,(H2,12,14);4-7H,3H2,1-2H3. The Morgan fingerprint density at radius 1 is 1.17 bits per heavy atom. The average Bonchev–Trinajstić information content (AvgIpc) is 2.97. The molecule has 1 aromatic rings. The van der Waals surface area contributed by atoms with E-state index in [2.05, 4.69) is 0 Å². The number of hydrogen-bond donors (Lipinski definition) is 1. The molecule has 0 unspecified atom stereocenters. The molecule has 29 heavy (non-hydrogen) atoms. The zero-order valence-corrected chi connectivity index (χ0v) is 17.5. The van der Waals surface area contributed by atoms with Crippen molar-refractivity contribution in [2.24, 2.45) is 5.73 Å². The van der Waals surface area contributed by atoms with Gasteiger partial charge in [-0.2, -0.15) is 0 Å². The maximum absolute atomic E-state index is 12.0. The van der Waals surface area contributed by atoms with E-state index in [1.54, 1.807) is 13.0 Å². The molecule has 1 aliphatic heterocycles. The van der Waals surface area contributed by atoms with E-state index in [1.807, 2.05) is 25.1 Å². The molecule has 0 spiro atoms. The second-order valence-electron chi connectivity index (χ2n) is 6.81. The van der Waals surface area contributed by atoms with Gasteiger partial charge in [-0.1, -0.05) is 29.7 Å². The molecule has 0 radical (unpaired) electrons. The fourth-order valence-electron chi connectivity index (χ4n) is 3.10. The van der Waals surface area contributed by atoms with Crippen LogP contribution in [0.25, 0.3) is 0 Å². The van der Waals surface area contributed by atoms with Crippen LogP contribution >= 0.6 is 11.8 Å². The van der Waals surface area contributed by atoms with Crippen molar-refractivity contribution in [3.63, 3.8) is 0 Å². The normalized spacial score (nSPS) is 16.4. The number of nitrogens with zero attached hydrogens (tertiary/aromatic N) is 1. The number of benzene rings is 1. The first-order chi connectivity index (χ1) is 13.8. The van der Waals surface area contributed by atoms with Gasteiger partial charge in [0.05, 0.1) is 17.1 Å². The van der Waals surface area contributed by atoms with Crippen LogP contribution in [0.4, 0.5) is 4.79 Å². The molecular weight excluding hydrogens is 392 g/mol. The first-order valence-electron chi connectivity index (χ1n) is 9.61. The average molecular weight is 419 g/mol. The van der Waals surface area contributed by atoms with Crippen LogP contribution in [0.2, 0.25) is 0 Å². The van der Waals surface area contributed by atoms with Gasteiger partial charge in [-0.3, -0.25) is 19.3 Å². The van der Waals surface area contributed by atoms with E-state index >= 15 is 0 Å². The second-order valence-corrected chi connectivity index (χ2v) is 7.77. The van der Waals surface area contributed by atoms with Gasteiger partial charge >= 0.3 is 5.97 Å². The Hall–Kier alpha value is -2.61. The molecule has 2 aliphatic rings. The molecule has 156 valence electrons. The third kappa shape index (κ3) is 6.45. The summed E-state index contributed by atoms with van der Waals surface area (Å²) >= 11 is 0.940. The number of carbonyl (C=O) groups excluding carboxylic acids is 4. The number of hydrogen-bond acceptors (Lipinski definition) is 6. The van der Waals surface area contributed by atoms with Crippen molar-refractivity contribution in [3.05, 3.63) is 45.9 Å². The van der Waals surface area contributed by atoms with Gasteiger partial charge in [0.15, 0.2) is 0 Å². The number of thioether (sulfide) groups is 1. The van der Waals surface area contributed by atoms with Gasteiger partial charge in [-0.05, 0) is 63.4 Å². The zero-order chi connectivity index (χ0) is 21.4. The molecule has 0 bridgehead atoms. The maximum Gasteiger partial charge on any atom is 0.338 e. The lowest BCUT2D eigenvalue weighted by atomic mass is 9.94. The molecule has 3 rings (SSSR count). The fraction of sp³-hybridized carbons (Fsp3) is 0.429. The Labute approximate surface area is 174 Å². The van der Waals surface area contributed by atoms with E-state index in [9.17, 15) is 19.2 Å². The molecule has 7 nitrogen and oxygen atoms in total. The van der Waals surface area contributed by atoms with Crippen LogP contribution in [-0.4, -0.2) is 41.1 Å². The van der Waals surface area contributed by atoms with Gasteiger partial charge in [-0.15, -0.1) is 0 Å². The molecule has 2 fully saturated rings. The Bertz CT molecular complexity index is 826. The SMILES string of the molecule is CCOC(=O)c1cccc(C)c1.NC(=O)CN1C(=O)SC(=C2CCCCC2)C1=O. The highest BCUT2D eigenvalue weighted by Crippen LogP contribution is 2.37. The van der Waals surface area contributed by atoms with Crippen LogP contribution in [-0.2, 0) is 14.3 Å². The lowest BCUT2D eigenvalue weighted by molar-refractivity contribution is -0.128. The first kappa shape index (κ1) is 22.7. The monoisotopic (exact) mass is 418 g/mol. The highest BCUT2D eigenvalue weighted by Gasteiger charge is 2.37. The van der Waals surface area contributed by atoms with Crippen LogP contribution in [0, 0.1) is 6.92 Å². The van der Waals surface area contributed by atoms with E-state index < -0.39 is 5.91 Å². The smallest absolute Gasteiger partial charge is 0.338 e. The molecule has 0 atom stereocenters.